The molecule has 0 radical (unpaired) electrons. The summed E-state index contributed by atoms with van der Waals surface area (Å²) in [5, 5.41) is 1.12. The van der Waals surface area contributed by atoms with E-state index in [0.29, 0.717) is 13.2 Å². The number of nitrogens with zero attached hydrogens (tertiary/aromatic N) is 1. The van der Waals surface area contributed by atoms with E-state index in [1.54, 1.807) is 11.3 Å². The zero-order valence-electron chi connectivity index (χ0n) is 9.14. The monoisotopic (exact) mass is 234 g/mol. The average Bonchev–Trinajstić information content (AvgIpc) is 2.82. The van der Waals surface area contributed by atoms with Gasteiger partial charge in [0, 0.05) is 6.04 Å². The molecular weight excluding hydrogens is 220 g/mol. The highest BCUT2D eigenvalue weighted by Gasteiger charge is 2.29. The molecule has 0 aliphatic carbocycles. The summed E-state index contributed by atoms with van der Waals surface area (Å²) < 4.78 is 6.63. The minimum absolute atomic E-state index is 0.0988. The largest absolute Gasteiger partial charge is 0.379 e. The van der Waals surface area contributed by atoms with Gasteiger partial charge in [0.1, 0.15) is 5.01 Å². The summed E-state index contributed by atoms with van der Waals surface area (Å²) >= 11 is 1.74. The van der Waals surface area contributed by atoms with Gasteiger partial charge < -0.3 is 10.5 Å². The fourth-order valence-electron chi connectivity index (χ4n) is 2.03. The van der Waals surface area contributed by atoms with Crippen molar-refractivity contribution >= 4 is 21.6 Å². The van der Waals surface area contributed by atoms with E-state index in [0.717, 1.165) is 10.5 Å². The summed E-state index contributed by atoms with van der Waals surface area (Å²) in [5.41, 5.74) is 8.35. The van der Waals surface area contributed by atoms with Gasteiger partial charge in [0.2, 0.25) is 0 Å². The molecule has 2 unspecified atom stereocenters. The van der Waals surface area contributed by atoms with Crippen LogP contribution in [-0.4, -0.2) is 24.2 Å². The molecule has 0 spiro atoms. The highest BCUT2D eigenvalue weighted by molar-refractivity contribution is 7.18. The van der Waals surface area contributed by atoms with E-state index in [1.165, 1.54) is 10.3 Å². The highest BCUT2D eigenvalue weighted by Crippen LogP contribution is 2.32. The second-order valence-corrected chi connectivity index (χ2v) is 5.39. The molecule has 2 aromatic rings. The lowest BCUT2D eigenvalue weighted by Crippen LogP contribution is -2.26. The van der Waals surface area contributed by atoms with Gasteiger partial charge in [-0.25, -0.2) is 4.98 Å². The normalized spacial score (nSPS) is 25.4. The number of benzene rings is 1. The Bertz CT molecular complexity index is 523. The van der Waals surface area contributed by atoms with Gasteiger partial charge in [-0.05, 0) is 24.6 Å². The summed E-state index contributed by atoms with van der Waals surface area (Å²) in [7, 11) is 0. The average molecular weight is 234 g/mol. The second-order valence-electron chi connectivity index (χ2n) is 4.33. The summed E-state index contributed by atoms with van der Waals surface area (Å²) in [4.78, 5) is 4.64. The SMILES string of the molecule is Cc1ccc2nc(C3COCC3N)sc2c1. The van der Waals surface area contributed by atoms with Gasteiger partial charge in [-0.3, -0.25) is 0 Å². The van der Waals surface area contributed by atoms with E-state index >= 15 is 0 Å². The molecule has 1 aromatic heterocycles. The molecule has 3 rings (SSSR count). The summed E-state index contributed by atoms with van der Waals surface area (Å²) in [6.07, 6.45) is 0. The number of hydrogen-bond donors (Lipinski definition) is 1. The Morgan fingerprint density at radius 2 is 2.31 bits per heavy atom. The predicted molar refractivity (Wildman–Crippen MR) is 65.9 cm³/mol. The molecule has 4 heteroatoms. The van der Waals surface area contributed by atoms with Gasteiger partial charge in [0.25, 0.3) is 0 Å². The van der Waals surface area contributed by atoms with E-state index in [9.17, 15) is 0 Å². The van der Waals surface area contributed by atoms with Crippen LogP contribution in [0.3, 0.4) is 0 Å². The maximum absolute atomic E-state index is 6.00. The van der Waals surface area contributed by atoms with Crippen molar-refractivity contribution in [1.82, 2.24) is 4.98 Å². The quantitative estimate of drug-likeness (QED) is 0.821. The van der Waals surface area contributed by atoms with Crippen molar-refractivity contribution in [3.05, 3.63) is 28.8 Å². The number of aromatic nitrogens is 1. The van der Waals surface area contributed by atoms with Crippen LogP contribution in [0.1, 0.15) is 16.5 Å². The van der Waals surface area contributed by atoms with Gasteiger partial charge in [0.15, 0.2) is 0 Å². The lowest BCUT2D eigenvalue weighted by atomic mass is 10.1. The summed E-state index contributed by atoms with van der Waals surface area (Å²) in [5.74, 6) is 0.276. The van der Waals surface area contributed by atoms with Gasteiger partial charge in [0.05, 0.1) is 29.3 Å². The maximum Gasteiger partial charge on any atom is 0.101 e. The number of hydrogen-bond acceptors (Lipinski definition) is 4. The van der Waals surface area contributed by atoms with E-state index in [-0.39, 0.29) is 12.0 Å². The standard InChI is InChI=1S/C12H14N2OS/c1-7-2-3-10-11(4-7)16-12(14-10)8-5-15-6-9(8)13/h2-4,8-9H,5-6,13H2,1H3. The van der Waals surface area contributed by atoms with Crippen LogP contribution in [0.5, 0.6) is 0 Å². The minimum atomic E-state index is 0.0988. The third-order valence-corrected chi connectivity index (χ3v) is 4.15. The molecule has 1 aliphatic heterocycles. The zero-order valence-corrected chi connectivity index (χ0v) is 9.96. The Labute approximate surface area is 98.2 Å². The van der Waals surface area contributed by atoms with Crippen LogP contribution in [0.25, 0.3) is 10.2 Å². The van der Waals surface area contributed by atoms with E-state index in [2.05, 4.69) is 30.1 Å². The number of aryl methyl sites for hydroxylation is 1. The van der Waals surface area contributed by atoms with Crippen molar-refractivity contribution in [3.63, 3.8) is 0 Å². The second kappa shape index (κ2) is 3.80. The number of rotatable bonds is 1. The Hall–Kier alpha value is -0.970. The lowest BCUT2D eigenvalue weighted by Gasteiger charge is -2.08. The van der Waals surface area contributed by atoms with Crippen molar-refractivity contribution < 1.29 is 4.74 Å². The molecule has 2 heterocycles. The fraction of sp³-hybridized carbons (Fsp3) is 0.417. The molecule has 16 heavy (non-hydrogen) atoms. The van der Waals surface area contributed by atoms with Crippen LogP contribution in [0, 0.1) is 6.92 Å². The van der Waals surface area contributed by atoms with Crippen LogP contribution in [0.2, 0.25) is 0 Å². The van der Waals surface area contributed by atoms with E-state index in [4.69, 9.17) is 10.5 Å². The van der Waals surface area contributed by atoms with Crippen LogP contribution in [-0.2, 0) is 4.74 Å². The molecular formula is C12H14N2OS. The Morgan fingerprint density at radius 1 is 1.44 bits per heavy atom. The van der Waals surface area contributed by atoms with Gasteiger partial charge in [-0.15, -0.1) is 11.3 Å². The smallest absolute Gasteiger partial charge is 0.101 e. The molecule has 1 aliphatic rings. The first-order valence-electron chi connectivity index (χ1n) is 5.44. The van der Waals surface area contributed by atoms with Crippen molar-refractivity contribution in [2.75, 3.05) is 13.2 Å². The van der Waals surface area contributed by atoms with Gasteiger partial charge >= 0.3 is 0 Å². The van der Waals surface area contributed by atoms with Gasteiger partial charge in [-0.2, -0.15) is 0 Å². The molecule has 1 aromatic carbocycles. The lowest BCUT2D eigenvalue weighted by molar-refractivity contribution is 0.191. The summed E-state index contributed by atoms with van der Waals surface area (Å²) in [6.45, 7) is 3.46. The number of fused-ring (bicyclic) bond motifs is 1. The van der Waals surface area contributed by atoms with Crippen molar-refractivity contribution in [2.45, 2.75) is 18.9 Å². The molecule has 2 N–H and O–H groups in total. The van der Waals surface area contributed by atoms with Crippen molar-refractivity contribution in [2.24, 2.45) is 5.73 Å². The Morgan fingerprint density at radius 3 is 3.06 bits per heavy atom. The van der Waals surface area contributed by atoms with Crippen LogP contribution < -0.4 is 5.73 Å². The number of thiazole rings is 1. The molecule has 1 fully saturated rings. The minimum Gasteiger partial charge on any atom is -0.379 e. The molecule has 2 atom stereocenters. The Balaban J connectivity index is 2.04. The van der Waals surface area contributed by atoms with Crippen molar-refractivity contribution in [3.8, 4) is 0 Å². The molecule has 0 bridgehead atoms. The van der Waals surface area contributed by atoms with Crippen LogP contribution in [0.15, 0.2) is 18.2 Å². The maximum atomic E-state index is 6.00. The molecule has 1 saturated heterocycles. The first kappa shape index (κ1) is 10.2. The first-order chi connectivity index (χ1) is 7.74. The van der Waals surface area contributed by atoms with Gasteiger partial charge in [-0.1, -0.05) is 6.07 Å². The molecule has 3 nitrogen and oxygen atoms in total. The Kier molecular flexibility index (Phi) is 2.42. The third-order valence-electron chi connectivity index (χ3n) is 3.00. The highest BCUT2D eigenvalue weighted by atomic mass is 32.1. The molecule has 0 amide bonds. The first-order valence-corrected chi connectivity index (χ1v) is 6.26. The molecule has 0 saturated carbocycles. The fourth-order valence-corrected chi connectivity index (χ4v) is 3.26. The molecule has 84 valence electrons. The third kappa shape index (κ3) is 1.63. The van der Waals surface area contributed by atoms with Crippen molar-refractivity contribution in [1.29, 1.82) is 0 Å². The zero-order chi connectivity index (χ0) is 11.1. The van der Waals surface area contributed by atoms with E-state index < -0.39 is 0 Å². The van der Waals surface area contributed by atoms with Crippen LogP contribution in [0.4, 0.5) is 0 Å². The number of ether oxygens (including phenoxy) is 1. The predicted octanol–water partition coefficient (Wildman–Crippen LogP) is 2.05. The number of nitrogens with two attached hydrogens (primary N) is 1. The van der Waals surface area contributed by atoms with Crippen LogP contribution >= 0.6 is 11.3 Å². The topological polar surface area (TPSA) is 48.1 Å². The summed E-state index contributed by atoms with van der Waals surface area (Å²) in [6, 6.07) is 6.45. The van der Waals surface area contributed by atoms with E-state index in [1.807, 2.05) is 0 Å².